The Morgan fingerprint density at radius 3 is 2.38 bits per heavy atom. The molecule has 0 fully saturated rings. The lowest BCUT2D eigenvalue weighted by Gasteiger charge is -2.14. The summed E-state index contributed by atoms with van der Waals surface area (Å²) in [6.45, 7) is 4.42. The van der Waals surface area contributed by atoms with Gasteiger partial charge in [0.05, 0.1) is 5.56 Å². The third-order valence-electron chi connectivity index (χ3n) is 4.78. The lowest BCUT2D eigenvalue weighted by Crippen LogP contribution is -2.13. The molecule has 1 amide bonds. The number of nitrogens with one attached hydrogen (secondary N) is 2. The van der Waals surface area contributed by atoms with E-state index in [0.717, 1.165) is 18.5 Å². The van der Waals surface area contributed by atoms with Crippen LogP contribution in [-0.4, -0.2) is 22.7 Å². The molecule has 2 heterocycles. The highest BCUT2D eigenvalue weighted by Gasteiger charge is 2.15. The molecule has 0 saturated heterocycles. The molecule has 0 bridgehead atoms. The zero-order valence-electron chi connectivity index (χ0n) is 16.4. The van der Waals surface area contributed by atoms with Gasteiger partial charge in [-0.1, -0.05) is 32.0 Å². The van der Waals surface area contributed by atoms with Crippen molar-refractivity contribution in [3.8, 4) is 11.5 Å². The number of nitrogens with zero attached hydrogens (tertiary/aromatic N) is 2. The van der Waals surface area contributed by atoms with E-state index in [4.69, 9.17) is 9.47 Å². The van der Waals surface area contributed by atoms with Crippen LogP contribution in [0, 0.1) is 0 Å². The van der Waals surface area contributed by atoms with Gasteiger partial charge in [-0.05, 0) is 36.1 Å². The number of aryl methyl sites for hydroxylation is 2. The van der Waals surface area contributed by atoms with Gasteiger partial charge < -0.3 is 20.1 Å². The van der Waals surface area contributed by atoms with Crippen molar-refractivity contribution >= 4 is 23.2 Å². The fourth-order valence-electron chi connectivity index (χ4n) is 3.20. The fraction of sp³-hybridized carbons (Fsp3) is 0.227. The van der Waals surface area contributed by atoms with Crippen molar-refractivity contribution in [3.63, 3.8) is 0 Å². The largest absolute Gasteiger partial charge is 0.454 e. The number of carbonyl (C=O) groups excluding carboxylic acids is 1. The summed E-state index contributed by atoms with van der Waals surface area (Å²) in [6, 6.07) is 11.5. The van der Waals surface area contributed by atoms with Crippen molar-refractivity contribution in [2.24, 2.45) is 0 Å². The van der Waals surface area contributed by atoms with Crippen molar-refractivity contribution in [1.29, 1.82) is 0 Å². The Bertz CT molecular complexity index is 1010. The minimum Gasteiger partial charge on any atom is -0.454 e. The smallest absolute Gasteiger partial charge is 0.258 e. The molecule has 3 aromatic rings. The molecule has 0 saturated carbocycles. The summed E-state index contributed by atoms with van der Waals surface area (Å²) in [7, 11) is 0. The number of aromatic nitrogens is 2. The van der Waals surface area contributed by atoms with Gasteiger partial charge in [0.25, 0.3) is 5.91 Å². The highest BCUT2D eigenvalue weighted by Crippen LogP contribution is 2.34. The second kappa shape index (κ2) is 8.18. The number of amides is 1. The van der Waals surface area contributed by atoms with E-state index in [1.54, 1.807) is 18.2 Å². The van der Waals surface area contributed by atoms with E-state index in [9.17, 15) is 4.79 Å². The SMILES string of the molecule is CCc1cccc(CC)c1Nc1ncc(C(=O)Nc2ccc3c(c2)OCO3)cn1. The molecule has 7 heteroatoms. The van der Waals surface area contributed by atoms with Crippen LogP contribution in [0.5, 0.6) is 11.5 Å². The highest BCUT2D eigenvalue weighted by molar-refractivity contribution is 6.04. The summed E-state index contributed by atoms with van der Waals surface area (Å²) >= 11 is 0. The number of para-hydroxylation sites is 1. The van der Waals surface area contributed by atoms with Gasteiger partial charge in [0.15, 0.2) is 11.5 Å². The van der Waals surface area contributed by atoms with E-state index >= 15 is 0 Å². The van der Waals surface area contributed by atoms with Crippen LogP contribution in [0.25, 0.3) is 0 Å². The van der Waals surface area contributed by atoms with E-state index in [1.165, 1.54) is 23.5 Å². The van der Waals surface area contributed by atoms with Gasteiger partial charge in [-0.2, -0.15) is 0 Å². The maximum absolute atomic E-state index is 12.5. The Morgan fingerprint density at radius 1 is 1.00 bits per heavy atom. The van der Waals surface area contributed by atoms with E-state index in [0.29, 0.717) is 28.7 Å². The molecule has 0 unspecified atom stereocenters. The highest BCUT2D eigenvalue weighted by atomic mass is 16.7. The van der Waals surface area contributed by atoms with E-state index in [-0.39, 0.29) is 12.7 Å². The zero-order valence-corrected chi connectivity index (χ0v) is 16.4. The van der Waals surface area contributed by atoms with Crippen molar-refractivity contribution in [1.82, 2.24) is 9.97 Å². The summed E-state index contributed by atoms with van der Waals surface area (Å²) in [5.74, 6) is 1.44. The number of hydrogen-bond acceptors (Lipinski definition) is 6. The van der Waals surface area contributed by atoms with Crippen molar-refractivity contribution in [3.05, 3.63) is 65.5 Å². The lowest BCUT2D eigenvalue weighted by molar-refractivity contribution is 0.102. The first-order valence-electron chi connectivity index (χ1n) is 9.58. The van der Waals surface area contributed by atoms with E-state index < -0.39 is 0 Å². The van der Waals surface area contributed by atoms with Crippen LogP contribution in [0.2, 0.25) is 0 Å². The standard InChI is InChI=1S/C22H22N4O3/c1-3-14-6-5-7-15(4-2)20(14)26-22-23-11-16(12-24-22)21(27)25-17-8-9-18-19(10-17)29-13-28-18/h5-12H,3-4,13H2,1-2H3,(H,25,27)(H,23,24,26). The van der Waals surface area contributed by atoms with Crippen LogP contribution in [0.15, 0.2) is 48.8 Å². The zero-order chi connectivity index (χ0) is 20.2. The molecule has 0 spiro atoms. The maximum Gasteiger partial charge on any atom is 0.258 e. The Balaban J connectivity index is 1.47. The lowest BCUT2D eigenvalue weighted by atomic mass is 10.0. The van der Waals surface area contributed by atoms with Gasteiger partial charge in [0, 0.05) is 29.8 Å². The van der Waals surface area contributed by atoms with Crippen LogP contribution in [-0.2, 0) is 12.8 Å². The maximum atomic E-state index is 12.5. The molecule has 1 aromatic heterocycles. The first-order valence-corrected chi connectivity index (χ1v) is 9.58. The Morgan fingerprint density at radius 2 is 1.69 bits per heavy atom. The summed E-state index contributed by atoms with van der Waals surface area (Å²) in [5.41, 5.74) is 4.43. The van der Waals surface area contributed by atoms with E-state index in [2.05, 4.69) is 52.6 Å². The van der Waals surface area contributed by atoms with Gasteiger partial charge in [-0.25, -0.2) is 9.97 Å². The molecule has 4 rings (SSSR count). The monoisotopic (exact) mass is 390 g/mol. The minimum atomic E-state index is -0.293. The number of hydrogen-bond donors (Lipinski definition) is 2. The van der Waals surface area contributed by atoms with Gasteiger partial charge in [-0.15, -0.1) is 0 Å². The number of fused-ring (bicyclic) bond motifs is 1. The Kier molecular flexibility index (Phi) is 5.29. The first kappa shape index (κ1) is 18.7. The molecular formula is C22H22N4O3. The van der Waals surface area contributed by atoms with Crippen LogP contribution in [0.1, 0.15) is 35.3 Å². The predicted octanol–water partition coefficient (Wildman–Crippen LogP) is 4.33. The van der Waals surface area contributed by atoms with Crippen LogP contribution in [0.4, 0.5) is 17.3 Å². The average molecular weight is 390 g/mol. The number of ether oxygens (including phenoxy) is 2. The predicted molar refractivity (Wildman–Crippen MR) is 111 cm³/mol. The molecule has 1 aliphatic rings. The number of rotatable bonds is 6. The second-order valence-corrected chi connectivity index (χ2v) is 6.60. The normalized spacial score (nSPS) is 11.9. The topological polar surface area (TPSA) is 85.4 Å². The van der Waals surface area contributed by atoms with Gasteiger partial charge in [0.1, 0.15) is 0 Å². The summed E-state index contributed by atoms with van der Waals surface area (Å²) in [6.07, 6.45) is 4.84. The first-order chi connectivity index (χ1) is 14.2. The van der Waals surface area contributed by atoms with Gasteiger partial charge in [0.2, 0.25) is 12.7 Å². The molecule has 2 N–H and O–H groups in total. The van der Waals surface area contributed by atoms with Gasteiger partial charge >= 0.3 is 0 Å². The third-order valence-corrected chi connectivity index (χ3v) is 4.78. The van der Waals surface area contributed by atoms with Gasteiger partial charge in [-0.3, -0.25) is 4.79 Å². The van der Waals surface area contributed by atoms with Crippen LogP contribution >= 0.6 is 0 Å². The third kappa shape index (κ3) is 3.99. The molecule has 148 valence electrons. The second-order valence-electron chi connectivity index (χ2n) is 6.60. The van der Waals surface area contributed by atoms with Crippen molar-refractivity contribution in [2.45, 2.75) is 26.7 Å². The Hall–Kier alpha value is -3.61. The summed E-state index contributed by atoms with van der Waals surface area (Å²) < 4.78 is 10.6. The van der Waals surface area contributed by atoms with E-state index in [1.807, 2.05) is 0 Å². The minimum absolute atomic E-state index is 0.190. The molecular weight excluding hydrogens is 368 g/mol. The summed E-state index contributed by atoms with van der Waals surface area (Å²) in [4.78, 5) is 21.1. The molecule has 0 aliphatic carbocycles. The molecule has 2 aromatic carbocycles. The molecule has 7 nitrogen and oxygen atoms in total. The molecule has 0 radical (unpaired) electrons. The van der Waals surface area contributed by atoms with Crippen LogP contribution in [0.3, 0.4) is 0 Å². The average Bonchev–Trinajstić information content (AvgIpc) is 3.22. The van der Waals surface area contributed by atoms with Crippen LogP contribution < -0.4 is 20.1 Å². The Labute approximate surface area is 169 Å². The quantitative estimate of drug-likeness (QED) is 0.652. The molecule has 0 atom stereocenters. The van der Waals surface area contributed by atoms with Crippen molar-refractivity contribution < 1.29 is 14.3 Å². The molecule has 29 heavy (non-hydrogen) atoms. The van der Waals surface area contributed by atoms with Crippen molar-refractivity contribution in [2.75, 3.05) is 17.4 Å². The number of anilines is 3. The fourth-order valence-corrected chi connectivity index (χ4v) is 3.20. The molecule has 1 aliphatic heterocycles. The summed E-state index contributed by atoms with van der Waals surface area (Å²) in [5, 5.41) is 6.12. The number of carbonyl (C=O) groups is 1. The number of benzene rings is 2.